The molecule has 0 radical (unpaired) electrons. The smallest absolute Gasteiger partial charge is 0.268 e. The molecular formula is C44H83N2O9P. The van der Waals surface area contributed by atoms with E-state index >= 15 is 0 Å². The lowest BCUT2D eigenvalue weighted by Crippen LogP contribution is -2.46. The highest BCUT2D eigenvalue weighted by atomic mass is 31.2. The summed E-state index contributed by atoms with van der Waals surface area (Å²) in [6.45, 7) is 4.37. The van der Waals surface area contributed by atoms with Crippen molar-refractivity contribution in [1.29, 1.82) is 0 Å². The van der Waals surface area contributed by atoms with Crippen LogP contribution in [0.25, 0.3) is 0 Å². The monoisotopic (exact) mass is 815 g/mol. The Bertz CT molecular complexity index is 1130. The first-order chi connectivity index (χ1) is 26.7. The molecule has 328 valence electrons. The number of phosphoric acid groups is 1. The summed E-state index contributed by atoms with van der Waals surface area (Å²) in [6, 6.07) is -0.903. The number of Topliss-reactive ketones (excluding diaryl/α,β-unsaturated/α-hetero) is 1. The molecule has 0 saturated heterocycles. The molecule has 0 aromatic rings. The second-order valence-corrected chi connectivity index (χ2v) is 18.6. The molecule has 0 aliphatic heterocycles. The predicted molar refractivity (Wildman–Crippen MR) is 225 cm³/mol. The molecule has 12 heteroatoms. The molecule has 0 spiro atoms. The zero-order valence-corrected chi connectivity index (χ0v) is 36.9. The van der Waals surface area contributed by atoms with E-state index in [0.717, 1.165) is 44.9 Å². The summed E-state index contributed by atoms with van der Waals surface area (Å²) in [4.78, 5) is 38.0. The fourth-order valence-corrected chi connectivity index (χ4v) is 7.86. The van der Waals surface area contributed by atoms with Crippen molar-refractivity contribution >= 4 is 19.5 Å². The van der Waals surface area contributed by atoms with Crippen molar-refractivity contribution in [3.05, 3.63) is 24.3 Å². The number of allylic oxidation sites excluding steroid dienone is 2. The molecule has 1 amide bonds. The molecule has 11 nitrogen and oxygen atoms in total. The molecule has 1 unspecified atom stereocenters. The normalized spacial score (nSPS) is 20.5. The van der Waals surface area contributed by atoms with Crippen molar-refractivity contribution < 1.29 is 47.9 Å². The molecule has 1 saturated carbocycles. The van der Waals surface area contributed by atoms with Gasteiger partial charge < -0.3 is 39.1 Å². The average molecular weight is 815 g/mol. The predicted octanol–water partition coefficient (Wildman–Crippen LogP) is 8.09. The van der Waals surface area contributed by atoms with E-state index in [-0.39, 0.29) is 43.0 Å². The minimum absolute atomic E-state index is 0.0129. The first kappa shape index (κ1) is 52.6. The molecule has 56 heavy (non-hydrogen) atoms. The number of nitrogens with zero attached hydrogens (tertiary/aromatic N) is 1. The number of quaternary nitrogens is 1. The van der Waals surface area contributed by atoms with E-state index in [4.69, 9.17) is 9.05 Å². The van der Waals surface area contributed by atoms with E-state index in [1.165, 1.54) is 64.2 Å². The maximum atomic E-state index is 13.0. The number of unbranched alkanes of at least 4 members (excludes halogenated alkanes) is 16. The Morgan fingerprint density at radius 1 is 0.857 bits per heavy atom. The summed E-state index contributed by atoms with van der Waals surface area (Å²) < 4.78 is 23.2. The van der Waals surface area contributed by atoms with E-state index in [9.17, 15) is 34.4 Å². The number of phosphoric ester groups is 1. The van der Waals surface area contributed by atoms with Crippen molar-refractivity contribution in [1.82, 2.24) is 5.32 Å². The molecule has 4 N–H and O–H groups in total. The Balaban J connectivity index is 2.55. The van der Waals surface area contributed by atoms with E-state index in [0.29, 0.717) is 43.1 Å². The highest BCUT2D eigenvalue weighted by molar-refractivity contribution is 7.45. The first-order valence-electron chi connectivity index (χ1n) is 22.3. The second-order valence-electron chi connectivity index (χ2n) is 17.2. The fourth-order valence-electron chi connectivity index (χ4n) is 7.14. The largest absolute Gasteiger partial charge is 0.756 e. The molecule has 0 bridgehead atoms. The minimum Gasteiger partial charge on any atom is -0.756 e. The number of ketones is 1. The summed E-state index contributed by atoms with van der Waals surface area (Å²) in [7, 11) is 1.14. The molecule has 0 aromatic heterocycles. The summed E-state index contributed by atoms with van der Waals surface area (Å²) >= 11 is 0. The van der Waals surface area contributed by atoms with Crippen LogP contribution in [-0.4, -0.2) is 96.7 Å². The van der Waals surface area contributed by atoms with Gasteiger partial charge in [0.1, 0.15) is 18.9 Å². The van der Waals surface area contributed by atoms with Crippen LogP contribution < -0.4 is 10.2 Å². The van der Waals surface area contributed by atoms with Crippen LogP contribution in [0.1, 0.15) is 168 Å². The van der Waals surface area contributed by atoms with Crippen molar-refractivity contribution in [3.63, 3.8) is 0 Å². The van der Waals surface area contributed by atoms with Gasteiger partial charge in [-0.3, -0.25) is 14.2 Å². The number of hydrogen-bond donors (Lipinski definition) is 4. The fraction of sp³-hybridized carbons (Fsp3) is 0.864. The lowest BCUT2D eigenvalue weighted by molar-refractivity contribution is -0.870. The Hall–Kier alpha value is -1.43. The first-order valence-corrected chi connectivity index (χ1v) is 23.7. The molecule has 1 aliphatic rings. The second kappa shape index (κ2) is 31.5. The maximum absolute atomic E-state index is 13.0. The third-order valence-corrected chi connectivity index (χ3v) is 11.8. The third-order valence-electron chi connectivity index (χ3n) is 10.8. The molecule has 1 aliphatic carbocycles. The Morgan fingerprint density at radius 2 is 1.41 bits per heavy atom. The molecule has 0 heterocycles. The Morgan fingerprint density at radius 3 is 2.00 bits per heavy atom. The molecule has 0 aromatic carbocycles. The zero-order valence-electron chi connectivity index (χ0n) is 36.1. The summed E-state index contributed by atoms with van der Waals surface area (Å²) in [5.41, 5.74) is 0. The van der Waals surface area contributed by atoms with E-state index in [1.807, 2.05) is 33.3 Å². The van der Waals surface area contributed by atoms with Gasteiger partial charge in [-0.15, -0.1) is 0 Å². The zero-order chi connectivity index (χ0) is 41.7. The lowest BCUT2D eigenvalue weighted by atomic mass is 9.90. The van der Waals surface area contributed by atoms with Crippen LogP contribution in [0.15, 0.2) is 24.3 Å². The van der Waals surface area contributed by atoms with Crippen LogP contribution in [-0.2, 0) is 23.2 Å². The van der Waals surface area contributed by atoms with Gasteiger partial charge in [-0.05, 0) is 32.1 Å². The van der Waals surface area contributed by atoms with Crippen LogP contribution in [0.5, 0.6) is 0 Å². The SMILES string of the molecule is CCCCCCCCCCCCCCCC[C@@H](O)[C@H](COP(=O)([O-])OCC[N+](C)(C)C)NC(=O)CCC/C=C\C[C@H]1C(=O)C[C@@H](O)[C@@H]1/C=C/[C@@H](O)CCCCC. The number of aliphatic hydroxyl groups excluding tert-OH is 3. The number of carbonyl (C=O) groups excluding carboxylic acids is 2. The van der Waals surface area contributed by atoms with E-state index in [1.54, 1.807) is 12.2 Å². The quantitative estimate of drug-likeness (QED) is 0.0212. The minimum atomic E-state index is -4.64. The summed E-state index contributed by atoms with van der Waals surface area (Å²) in [5, 5.41) is 34.6. The van der Waals surface area contributed by atoms with Gasteiger partial charge in [0.2, 0.25) is 5.91 Å². The molecule has 1 rings (SSSR count). The highest BCUT2D eigenvalue weighted by Gasteiger charge is 2.39. The van der Waals surface area contributed by atoms with Crippen molar-refractivity contribution in [2.75, 3.05) is 40.9 Å². The van der Waals surface area contributed by atoms with Gasteiger partial charge >= 0.3 is 0 Å². The summed E-state index contributed by atoms with van der Waals surface area (Å²) in [6.07, 6.45) is 28.2. The summed E-state index contributed by atoms with van der Waals surface area (Å²) in [5.74, 6) is -0.977. The van der Waals surface area contributed by atoms with E-state index < -0.39 is 38.8 Å². The van der Waals surface area contributed by atoms with Gasteiger partial charge in [-0.25, -0.2) is 0 Å². The van der Waals surface area contributed by atoms with Gasteiger partial charge in [0.05, 0.1) is 52.1 Å². The molecular weight excluding hydrogens is 731 g/mol. The van der Waals surface area contributed by atoms with Crippen molar-refractivity contribution in [3.8, 4) is 0 Å². The average Bonchev–Trinajstić information content (AvgIpc) is 3.40. The number of likely N-dealkylation sites (N-methyl/N-ethyl adjacent to an activating group) is 1. The van der Waals surface area contributed by atoms with Gasteiger partial charge in [0.15, 0.2) is 0 Å². The maximum Gasteiger partial charge on any atom is 0.268 e. The van der Waals surface area contributed by atoms with Crippen molar-refractivity contribution in [2.45, 2.75) is 192 Å². The number of carbonyl (C=O) groups is 2. The topological polar surface area (TPSA) is 165 Å². The standard InChI is InChI=1S/C44H83N2O9P/c1-6-8-10-11-12-13-14-15-16-17-18-19-20-25-29-41(48)40(36-55-56(52,53)54-34-33-46(3,4)5)45-44(51)30-26-22-21-24-28-38-39(43(50)35-42(38)49)32-31-37(47)27-23-9-7-2/h21,24,31-32,37-41,43,47-48,50H,6-20,22-23,25-30,33-36H2,1-5H3,(H-,45,51,52,53)/b24-21-,32-31+/t37-,38+,39+,40-,41+,43+/m0/s1. The Kier molecular flexibility index (Phi) is 29.6. The van der Waals surface area contributed by atoms with Crippen LogP contribution in [0.4, 0.5) is 0 Å². The van der Waals surface area contributed by atoms with Gasteiger partial charge in [-0.2, -0.15) is 0 Å². The number of nitrogens with one attached hydrogen (secondary N) is 1. The Labute approximate surface area is 341 Å². The molecule has 1 fully saturated rings. The van der Waals surface area contributed by atoms with E-state index in [2.05, 4.69) is 19.2 Å². The number of rotatable bonds is 36. The van der Waals surface area contributed by atoms with Gasteiger partial charge in [0, 0.05) is 24.7 Å². The van der Waals surface area contributed by atoms with Crippen LogP contribution >= 0.6 is 7.82 Å². The number of amides is 1. The van der Waals surface area contributed by atoms with Gasteiger partial charge in [0.25, 0.3) is 7.82 Å². The van der Waals surface area contributed by atoms with Gasteiger partial charge in [-0.1, -0.05) is 147 Å². The highest BCUT2D eigenvalue weighted by Crippen LogP contribution is 2.38. The molecule has 7 atom stereocenters. The van der Waals surface area contributed by atoms with Crippen molar-refractivity contribution in [2.24, 2.45) is 11.8 Å². The van der Waals surface area contributed by atoms with Crippen LogP contribution in [0.2, 0.25) is 0 Å². The lowest BCUT2D eigenvalue weighted by Gasteiger charge is -2.30. The number of hydrogen-bond acceptors (Lipinski definition) is 9. The third kappa shape index (κ3) is 27.3. The number of aliphatic hydroxyl groups is 3. The van der Waals surface area contributed by atoms with Crippen LogP contribution in [0.3, 0.4) is 0 Å². The van der Waals surface area contributed by atoms with Crippen LogP contribution in [0, 0.1) is 11.8 Å².